The average Bonchev–Trinajstić information content (AvgIpc) is 3.33. The van der Waals surface area contributed by atoms with Crippen LogP contribution in [0.4, 0.5) is 0 Å². The molecule has 1 saturated carbocycles. The standard InChI is InChI=1S/C21H25N3O3S/c1-14(2)19-23-17(27-24-19)13-26-20(25)21(10-6-3-7-11-21)12-18-22-15-8-4-5-9-16(15)28-18/h4-5,8-9,14H,3,6-7,10-13H2,1-2H3. The number of thiazole rings is 1. The fourth-order valence-electron chi connectivity index (χ4n) is 3.81. The molecule has 0 saturated heterocycles. The van der Waals surface area contributed by atoms with E-state index in [1.54, 1.807) is 11.3 Å². The number of rotatable bonds is 6. The van der Waals surface area contributed by atoms with Crippen LogP contribution in [-0.2, 0) is 22.6 Å². The van der Waals surface area contributed by atoms with E-state index in [2.05, 4.69) is 16.2 Å². The normalized spacial score (nSPS) is 16.5. The minimum atomic E-state index is -0.507. The summed E-state index contributed by atoms with van der Waals surface area (Å²) in [6.07, 6.45) is 5.55. The number of hydrogen-bond donors (Lipinski definition) is 0. The number of nitrogens with zero attached hydrogens (tertiary/aromatic N) is 3. The van der Waals surface area contributed by atoms with Crippen molar-refractivity contribution in [1.29, 1.82) is 0 Å². The maximum atomic E-state index is 13.1. The molecule has 0 N–H and O–H groups in total. The van der Waals surface area contributed by atoms with Gasteiger partial charge in [-0.25, -0.2) is 4.98 Å². The molecule has 1 aromatic carbocycles. The summed E-state index contributed by atoms with van der Waals surface area (Å²) in [6.45, 7) is 4.02. The summed E-state index contributed by atoms with van der Waals surface area (Å²) in [6, 6.07) is 8.10. The lowest BCUT2D eigenvalue weighted by Gasteiger charge is -2.34. The summed E-state index contributed by atoms with van der Waals surface area (Å²) in [7, 11) is 0. The van der Waals surface area contributed by atoms with Crippen molar-refractivity contribution >= 4 is 27.5 Å². The van der Waals surface area contributed by atoms with Crippen LogP contribution in [0.5, 0.6) is 0 Å². The first-order valence-corrected chi connectivity index (χ1v) is 10.7. The second-order valence-corrected chi connectivity index (χ2v) is 8.99. The van der Waals surface area contributed by atoms with E-state index in [9.17, 15) is 4.79 Å². The van der Waals surface area contributed by atoms with E-state index in [0.717, 1.165) is 47.3 Å². The van der Waals surface area contributed by atoms with E-state index in [-0.39, 0.29) is 18.5 Å². The minimum absolute atomic E-state index is 0.0279. The summed E-state index contributed by atoms with van der Waals surface area (Å²) >= 11 is 1.67. The van der Waals surface area contributed by atoms with E-state index in [1.165, 1.54) is 0 Å². The summed E-state index contributed by atoms with van der Waals surface area (Å²) < 4.78 is 12.0. The summed E-state index contributed by atoms with van der Waals surface area (Å²) in [4.78, 5) is 22.2. The lowest BCUT2D eigenvalue weighted by Crippen LogP contribution is -2.37. The first-order valence-electron chi connectivity index (χ1n) is 9.90. The Morgan fingerprint density at radius 3 is 2.71 bits per heavy atom. The van der Waals surface area contributed by atoms with Crippen molar-refractivity contribution in [3.05, 3.63) is 41.0 Å². The predicted octanol–water partition coefficient (Wildman–Crippen LogP) is 5.04. The zero-order valence-electron chi connectivity index (χ0n) is 16.3. The Hall–Kier alpha value is -2.28. The van der Waals surface area contributed by atoms with Gasteiger partial charge in [0.1, 0.15) is 0 Å². The fourth-order valence-corrected chi connectivity index (χ4v) is 4.92. The Bertz CT molecular complexity index is 924. The molecule has 1 fully saturated rings. The van der Waals surface area contributed by atoms with Crippen molar-refractivity contribution in [1.82, 2.24) is 15.1 Å². The second-order valence-electron chi connectivity index (χ2n) is 7.87. The highest BCUT2D eigenvalue weighted by atomic mass is 32.1. The maximum absolute atomic E-state index is 13.1. The molecule has 4 rings (SSSR count). The van der Waals surface area contributed by atoms with Gasteiger partial charge in [-0.15, -0.1) is 11.3 Å². The molecular formula is C21H25N3O3S. The molecule has 0 bridgehead atoms. The predicted molar refractivity (Wildman–Crippen MR) is 107 cm³/mol. The molecule has 7 heteroatoms. The van der Waals surface area contributed by atoms with Gasteiger partial charge in [-0.3, -0.25) is 4.79 Å². The number of aromatic nitrogens is 3. The molecule has 0 aliphatic heterocycles. The van der Waals surface area contributed by atoms with Gasteiger partial charge in [0, 0.05) is 12.3 Å². The molecule has 2 aromatic heterocycles. The Kier molecular flexibility index (Phi) is 5.44. The van der Waals surface area contributed by atoms with Gasteiger partial charge in [-0.05, 0) is 25.0 Å². The fraction of sp³-hybridized carbons (Fsp3) is 0.524. The van der Waals surface area contributed by atoms with Crippen LogP contribution in [0.15, 0.2) is 28.8 Å². The molecule has 3 aromatic rings. The minimum Gasteiger partial charge on any atom is -0.455 e. The summed E-state index contributed by atoms with van der Waals surface area (Å²) in [5.41, 5.74) is 0.487. The highest BCUT2D eigenvalue weighted by Gasteiger charge is 2.42. The summed E-state index contributed by atoms with van der Waals surface area (Å²) in [5, 5.41) is 4.93. The van der Waals surface area contributed by atoms with Crippen molar-refractivity contribution in [2.45, 2.75) is 64.9 Å². The number of carbonyl (C=O) groups is 1. The van der Waals surface area contributed by atoms with Crippen molar-refractivity contribution < 1.29 is 14.1 Å². The summed E-state index contributed by atoms with van der Waals surface area (Å²) in [5.74, 6) is 0.989. The number of para-hydroxylation sites is 1. The molecule has 6 nitrogen and oxygen atoms in total. The first-order chi connectivity index (χ1) is 13.6. The van der Waals surface area contributed by atoms with Gasteiger partial charge in [-0.1, -0.05) is 50.4 Å². The average molecular weight is 400 g/mol. The van der Waals surface area contributed by atoms with E-state index in [1.807, 2.05) is 32.0 Å². The number of esters is 1. The van der Waals surface area contributed by atoms with Crippen LogP contribution in [0.3, 0.4) is 0 Å². The van der Waals surface area contributed by atoms with Gasteiger partial charge in [0.05, 0.1) is 20.6 Å². The highest BCUT2D eigenvalue weighted by molar-refractivity contribution is 7.18. The van der Waals surface area contributed by atoms with Crippen LogP contribution in [0, 0.1) is 5.41 Å². The first kappa shape index (κ1) is 19.1. The second kappa shape index (κ2) is 7.99. The third-order valence-corrected chi connectivity index (χ3v) is 6.43. The molecule has 148 valence electrons. The third-order valence-electron chi connectivity index (χ3n) is 5.40. The lowest BCUT2D eigenvalue weighted by atomic mass is 9.72. The number of carbonyl (C=O) groups excluding carboxylic acids is 1. The van der Waals surface area contributed by atoms with Crippen LogP contribution in [0.2, 0.25) is 0 Å². The van der Waals surface area contributed by atoms with Gasteiger partial charge in [0.25, 0.3) is 5.89 Å². The molecule has 0 atom stereocenters. The highest BCUT2D eigenvalue weighted by Crippen LogP contribution is 2.41. The number of hydrogen-bond acceptors (Lipinski definition) is 7. The van der Waals surface area contributed by atoms with Gasteiger partial charge < -0.3 is 9.26 Å². The SMILES string of the molecule is CC(C)c1noc(COC(=O)C2(Cc3nc4ccccc4s3)CCCCC2)n1. The van der Waals surface area contributed by atoms with Gasteiger partial charge in [-0.2, -0.15) is 4.98 Å². The lowest BCUT2D eigenvalue weighted by molar-refractivity contribution is -0.160. The van der Waals surface area contributed by atoms with E-state index < -0.39 is 5.41 Å². The molecule has 28 heavy (non-hydrogen) atoms. The van der Waals surface area contributed by atoms with Crippen molar-refractivity contribution in [2.24, 2.45) is 5.41 Å². The topological polar surface area (TPSA) is 78.1 Å². The van der Waals surface area contributed by atoms with E-state index in [4.69, 9.17) is 14.2 Å². The molecule has 1 aliphatic carbocycles. The van der Waals surface area contributed by atoms with Gasteiger partial charge in [0.2, 0.25) is 0 Å². The Morgan fingerprint density at radius 2 is 2.00 bits per heavy atom. The largest absolute Gasteiger partial charge is 0.455 e. The van der Waals surface area contributed by atoms with Crippen LogP contribution >= 0.6 is 11.3 Å². The van der Waals surface area contributed by atoms with Crippen LogP contribution in [0.25, 0.3) is 10.2 Å². The molecule has 0 unspecified atom stereocenters. The number of benzene rings is 1. The van der Waals surface area contributed by atoms with Crippen LogP contribution in [-0.4, -0.2) is 21.1 Å². The van der Waals surface area contributed by atoms with Crippen LogP contribution < -0.4 is 0 Å². The molecule has 0 spiro atoms. The van der Waals surface area contributed by atoms with E-state index in [0.29, 0.717) is 18.1 Å². The Balaban J connectivity index is 1.49. The van der Waals surface area contributed by atoms with Gasteiger partial charge >= 0.3 is 5.97 Å². The monoisotopic (exact) mass is 399 g/mol. The molecule has 2 heterocycles. The molecular weight excluding hydrogens is 374 g/mol. The molecule has 1 aliphatic rings. The quantitative estimate of drug-likeness (QED) is 0.540. The number of ether oxygens (including phenoxy) is 1. The Labute approximate surface area is 168 Å². The van der Waals surface area contributed by atoms with Gasteiger partial charge in [0.15, 0.2) is 12.4 Å². The van der Waals surface area contributed by atoms with Crippen LogP contribution in [0.1, 0.15) is 68.6 Å². The zero-order valence-corrected chi connectivity index (χ0v) is 17.1. The smallest absolute Gasteiger partial charge is 0.313 e. The van der Waals surface area contributed by atoms with E-state index >= 15 is 0 Å². The van der Waals surface area contributed by atoms with Crippen molar-refractivity contribution in [2.75, 3.05) is 0 Å². The third kappa shape index (κ3) is 3.94. The molecule has 0 radical (unpaired) electrons. The Morgan fingerprint density at radius 1 is 1.21 bits per heavy atom. The zero-order chi connectivity index (χ0) is 19.6. The molecule has 0 amide bonds. The van der Waals surface area contributed by atoms with Crippen molar-refractivity contribution in [3.63, 3.8) is 0 Å². The maximum Gasteiger partial charge on any atom is 0.313 e. The number of fused-ring (bicyclic) bond motifs is 1. The van der Waals surface area contributed by atoms with Crippen molar-refractivity contribution in [3.8, 4) is 0 Å².